The second-order valence-corrected chi connectivity index (χ2v) is 7.76. The second-order valence-electron chi connectivity index (χ2n) is 7.76. The monoisotopic (exact) mass is 429 g/mol. The zero-order chi connectivity index (χ0) is 22.7. The summed E-state index contributed by atoms with van der Waals surface area (Å²) in [6.45, 7) is 3.00. The maximum Gasteiger partial charge on any atom is 0.251 e. The van der Waals surface area contributed by atoms with Gasteiger partial charge in [0.25, 0.3) is 5.91 Å². The summed E-state index contributed by atoms with van der Waals surface area (Å²) in [5, 5.41) is 3.04. The molecule has 0 saturated carbocycles. The van der Waals surface area contributed by atoms with Crippen LogP contribution in [0.15, 0.2) is 65.7 Å². The fraction of sp³-hybridized carbons (Fsp3) is 0.231. The summed E-state index contributed by atoms with van der Waals surface area (Å²) in [6.07, 6.45) is 0. The molecule has 0 saturated heterocycles. The lowest BCUT2D eigenvalue weighted by atomic mass is 9.96. The Hall–Kier alpha value is -3.64. The third-order valence-corrected chi connectivity index (χ3v) is 5.76. The molecule has 164 valence electrons. The predicted octanol–water partition coefficient (Wildman–Crippen LogP) is 4.12. The highest BCUT2D eigenvalue weighted by molar-refractivity contribution is 6.03. The molecule has 0 fully saturated rings. The van der Waals surface area contributed by atoms with Crippen LogP contribution < -0.4 is 20.5 Å². The van der Waals surface area contributed by atoms with Gasteiger partial charge in [-0.1, -0.05) is 24.3 Å². The van der Waals surface area contributed by atoms with Gasteiger partial charge in [0.2, 0.25) is 0 Å². The van der Waals surface area contributed by atoms with Crippen LogP contribution in [-0.4, -0.2) is 32.4 Å². The Labute approximate surface area is 188 Å². The number of amides is 1. The number of hydrogen-bond acceptors (Lipinski definition) is 5. The molecule has 1 amide bonds. The average Bonchev–Trinajstić information content (AvgIpc) is 3.22. The van der Waals surface area contributed by atoms with E-state index in [0.29, 0.717) is 17.1 Å². The number of nitrogens with one attached hydrogen (secondary N) is 1. The summed E-state index contributed by atoms with van der Waals surface area (Å²) in [4.78, 5) is 17.7. The van der Waals surface area contributed by atoms with Crippen molar-refractivity contribution in [2.75, 3.05) is 20.8 Å². The highest BCUT2D eigenvalue weighted by atomic mass is 16.5. The van der Waals surface area contributed by atoms with Crippen molar-refractivity contribution in [1.29, 1.82) is 0 Å². The summed E-state index contributed by atoms with van der Waals surface area (Å²) < 4.78 is 10.8. The van der Waals surface area contributed by atoms with E-state index in [1.165, 1.54) is 5.56 Å². The molecule has 0 bridgehead atoms. The Kier molecular flexibility index (Phi) is 6.23. The van der Waals surface area contributed by atoms with Crippen LogP contribution in [0.4, 0.5) is 0 Å². The van der Waals surface area contributed by atoms with Gasteiger partial charge in [0, 0.05) is 23.4 Å². The van der Waals surface area contributed by atoms with Crippen LogP contribution in [0.25, 0.3) is 11.1 Å². The van der Waals surface area contributed by atoms with E-state index in [4.69, 9.17) is 15.2 Å². The molecule has 32 heavy (non-hydrogen) atoms. The van der Waals surface area contributed by atoms with E-state index < -0.39 is 0 Å². The molecule has 0 spiro atoms. The van der Waals surface area contributed by atoms with Gasteiger partial charge in [0.15, 0.2) is 0 Å². The highest BCUT2D eigenvalue weighted by Crippen LogP contribution is 2.30. The standard InChI is InChI=1S/C26H27N3O3/c1-16-24-13-17(7-8-19(24)15-28-16)20-9-21(12-23(11-20)32-3)26(30)29-25(14-27)18-5-4-6-22(10-18)31-2/h4-13,25H,14-15,27H2,1-3H3,(H,29,30). The lowest BCUT2D eigenvalue weighted by molar-refractivity contribution is 0.0937. The first-order valence-electron chi connectivity index (χ1n) is 10.5. The molecule has 1 heterocycles. The van der Waals surface area contributed by atoms with Crippen LogP contribution in [0.2, 0.25) is 0 Å². The molecular weight excluding hydrogens is 402 g/mol. The van der Waals surface area contributed by atoms with Gasteiger partial charge in [-0.05, 0) is 65.6 Å². The Balaban J connectivity index is 1.64. The van der Waals surface area contributed by atoms with Crippen molar-refractivity contribution in [3.8, 4) is 22.6 Å². The summed E-state index contributed by atoms with van der Waals surface area (Å²) in [7, 11) is 3.21. The van der Waals surface area contributed by atoms with Crippen LogP contribution in [0.5, 0.6) is 11.5 Å². The van der Waals surface area contributed by atoms with Gasteiger partial charge in [0.1, 0.15) is 11.5 Å². The molecule has 6 nitrogen and oxygen atoms in total. The minimum Gasteiger partial charge on any atom is -0.497 e. The number of benzene rings is 3. The van der Waals surface area contributed by atoms with Crippen molar-refractivity contribution in [3.05, 3.63) is 82.9 Å². The normalized spacial score (nSPS) is 13.2. The molecule has 1 aliphatic rings. The molecule has 0 aliphatic carbocycles. The molecule has 4 rings (SSSR count). The third kappa shape index (κ3) is 4.36. The van der Waals surface area contributed by atoms with Crippen molar-refractivity contribution < 1.29 is 14.3 Å². The van der Waals surface area contributed by atoms with Gasteiger partial charge in [-0.15, -0.1) is 0 Å². The van der Waals surface area contributed by atoms with E-state index in [0.717, 1.165) is 34.5 Å². The SMILES string of the molecule is COc1cc(C(=O)NC(CN)c2cccc(OC)c2)cc(-c2ccc3c(c2)C(C)=NC3)c1. The number of carbonyl (C=O) groups is 1. The summed E-state index contributed by atoms with van der Waals surface area (Å²) in [5.74, 6) is 1.11. The van der Waals surface area contributed by atoms with Crippen molar-refractivity contribution in [2.24, 2.45) is 10.7 Å². The number of ether oxygens (including phenoxy) is 2. The van der Waals surface area contributed by atoms with E-state index in [1.54, 1.807) is 20.3 Å². The number of hydrogen-bond donors (Lipinski definition) is 2. The topological polar surface area (TPSA) is 85.9 Å². The number of methoxy groups -OCH3 is 2. The van der Waals surface area contributed by atoms with Crippen LogP contribution in [0, 0.1) is 0 Å². The molecule has 3 aromatic rings. The smallest absolute Gasteiger partial charge is 0.251 e. The predicted molar refractivity (Wildman–Crippen MR) is 127 cm³/mol. The summed E-state index contributed by atoms with van der Waals surface area (Å²) in [6, 6.07) is 19.0. The molecule has 3 aromatic carbocycles. The van der Waals surface area contributed by atoms with Crippen LogP contribution in [0.3, 0.4) is 0 Å². The van der Waals surface area contributed by atoms with E-state index in [1.807, 2.05) is 43.3 Å². The minimum absolute atomic E-state index is 0.220. The Morgan fingerprint density at radius 1 is 1.03 bits per heavy atom. The lowest BCUT2D eigenvalue weighted by Gasteiger charge is -2.19. The van der Waals surface area contributed by atoms with Gasteiger partial charge >= 0.3 is 0 Å². The van der Waals surface area contributed by atoms with Gasteiger partial charge < -0.3 is 20.5 Å². The van der Waals surface area contributed by atoms with Crippen molar-refractivity contribution in [2.45, 2.75) is 19.5 Å². The maximum atomic E-state index is 13.2. The first kappa shape index (κ1) is 21.6. The molecule has 1 unspecified atom stereocenters. The number of aliphatic imine (C=N–C) groups is 1. The molecular formula is C26H27N3O3. The molecule has 0 radical (unpaired) electrons. The van der Waals surface area contributed by atoms with Crippen LogP contribution >= 0.6 is 0 Å². The second kappa shape index (κ2) is 9.24. The number of rotatable bonds is 7. The molecule has 0 aromatic heterocycles. The van der Waals surface area contributed by atoms with E-state index in [-0.39, 0.29) is 18.5 Å². The van der Waals surface area contributed by atoms with E-state index in [9.17, 15) is 4.79 Å². The van der Waals surface area contributed by atoms with E-state index in [2.05, 4.69) is 28.5 Å². The van der Waals surface area contributed by atoms with Crippen LogP contribution in [-0.2, 0) is 6.54 Å². The Bertz CT molecular complexity index is 1190. The molecule has 3 N–H and O–H groups in total. The van der Waals surface area contributed by atoms with Crippen molar-refractivity contribution >= 4 is 11.6 Å². The Morgan fingerprint density at radius 3 is 2.59 bits per heavy atom. The fourth-order valence-electron chi connectivity index (χ4n) is 3.91. The first-order valence-corrected chi connectivity index (χ1v) is 10.5. The fourth-order valence-corrected chi connectivity index (χ4v) is 3.91. The number of fused-ring (bicyclic) bond motifs is 1. The average molecular weight is 430 g/mol. The van der Waals surface area contributed by atoms with E-state index >= 15 is 0 Å². The third-order valence-electron chi connectivity index (χ3n) is 5.76. The van der Waals surface area contributed by atoms with Crippen molar-refractivity contribution in [1.82, 2.24) is 5.32 Å². The van der Waals surface area contributed by atoms with Crippen molar-refractivity contribution in [3.63, 3.8) is 0 Å². The van der Waals surface area contributed by atoms with Gasteiger partial charge in [-0.2, -0.15) is 0 Å². The molecule has 1 aliphatic heterocycles. The zero-order valence-corrected chi connectivity index (χ0v) is 18.5. The number of carbonyl (C=O) groups excluding carboxylic acids is 1. The summed E-state index contributed by atoms with van der Waals surface area (Å²) in [5.41, 5.74) is 12.7. The maximum absolute atomic E-state index is 13.2. The van der Waals surface area contributed by atoms with Gasteiger partial charge in [-0.3, -0.25) is 9.79 Å². The highest BCUT2D eigenvalue weighted by Gasteiger charge is 2.18. The van der Waals surface area contributed by atoms with Gasteiger partial charge in [0.05, 0.1) is 26.8 Å². The Morgan fingerprint density at radius 2 is 1.84 bits per heavy atom. The minimum atomic E-state index is -0.342. The summed E-state index contributed by atoms with van der Waals surface area (Å²) >= 11 is 0. The molecule has 1 atom stereocenters. The largest absolute Gasteiger partial charge is 0.497 e. The van der Waals surface area contributed by atoms with Crippen LogP contribution in [0.1, 0.15) is 40.0 Å². The lowest BCUT2D eigenvalue weighted by Crippen LogP contribution is -2.33. The number of nitrogens with two attached hydrogens (primary N) is 1. The first-order chi connectivity index (χ1) is 15.5. The molecule has 6 heteroatoms. The van der Waals surface area contributed by atoms with Gasteiger partial charge in [-0.25, -0.2) is 0 Å². The quantitative estimate of drug-likeness (QED) is 0.592. The zero-order valence-electron chi connectivity index (χ0n) is 18.5. The number of nitrogens with zero attached hydrogens (tertiary/aromatic N) is 1.